The Morgan fingerprint density at radius 1 is 1.32 bits per heavy atom. The van der Waals surface area contributed by atoms with Crippen LogP contribution < -0.4 is 4.72 Å². The Morgan fingerprint density at radius 3 is 2.63 bits per heavy atom. The maximum absolute atomic E-state index is 12.2. The van der Waals surface area contributed by atoms with E-state index in [2.05, 4.69) is 20.1 Å². The van der Waals surface area contributed by atoms with Crippen LogP contribution in [0.1, 0.15) is 25.3 Å². The van der Waals surface area contributed by atoms with E-state index in [-0.39, 0.29) is 16.8 Å². The highest BCUT2D eigenvalue weighted by Crippen LogP contribution is 2.19. The van der Waals surface area contributed by atoms with Gasteiger partial charge >= 0.3 is 0 Å². The second kappa shape index (κ2) is 4.96. The molecule has 2 rings (SSSR count). The summed E-state index contributed by atoms with van der Waals surface area (Å²) in [6.07, 6.45) is 0. The number of tetrazole rings is 1. The Bertz CT molecular complexity index is 678. The second-order valence-corrected chi connectivity index (χ2v) is 6.12. The normalized spacial score (nSPS) is 11.8. The van der Waals surface area contributed by atoms with Crippen molar-refractivity contribution in [2.24, 2.45) is 7.05 Å². The van der Waals surface area contributed by atoms with Crippen LogP contribution in [0, 0.1) is 0 Å². The zero-order chi connectivity index (χ0) is 14.0. The van der Waals surface area contributed by atoms with Gasteiger partial charge in [0.15, 0.2) is 0 Å². The van der Waals surface area contributed by atoms with Gasteiger partial charge in [-0.25, -0.2) is 13.1 Å². The van der Waals surface area contributed by atoms with Gasteiger partial charge in [-0.2, -0.15) is 4.80 Å². The molecule has 0 bridgehead atoms. The lowest BCUT2D eigenvalue weighted by molar-refractivity contribution is 0.600. The molecule has 0 aliphatic rings. The summed E-state index contributed by atoms with van der Waals surface area (Å²) in [6, 6.07) is 6.78. The Morgan fingerprint density at radius 2 is 2.05 bits per heavy atom. The Kier molecular flexibility index (Phi) is 3.52. The molecule has 0 radical (unpaired) electrons. The van der Waals surface area contributed by atoms with Gasteiger partial charge in [-0.05, 0) is 28.8 Å². The minimum atomic E-state index is -3.68. The third-order valence-electron chi connectivity index (χ3n) is 2.57. The highest BCUT2D eigenvalue weighted by Gasteiger charge is 2.17. The summed E-state index contributed by atoms with van der Waals surface area (Å²) in [4.78, 5) is 1.37. The largest absolute Gasteiger partial charge is 0.277 e. The first-order chi connectivity index (χ1) is 8.88. The van der Waals surface area contributed by atoms with Gasteiger partial charge in [-0.1, -0.05) is 31.1 Å². The molecule has 2 aromatic rings. The summed E-state index contributed by atoms with van der Waals surface area (Å²) in [6.45, 7) is 4.01. The van der Waals surface area contributed by atoms with Crippen LogP contribution in [0.25, 0.3) is 0 Å². The van der Waals surface area contributed by atoms with Crippen molar-refractivity contribution in [3.05, 3.63) is 29.8 Å². The lowest BCUT2D eigenvalue weighted by Gasteiger charge is -2.08. The molecule has 1 heterocycles. The molecular formula is C11H15N5O2S. The van der Waals surface area contributed by atoms with Crippen molar-refractivity contribution in [2.45, 2.75) is 24.7 Å². The van der Waals surface area contributed by atoms with Crippen LogP contribution in [0.15, 0.2) is 29.2 Å². The first kappa shape index (κ1) is 13.5. The van der Waals surface area contributed by atoms with E-state index in [1.54, 1.807) is 19.2 Å². The summed E-state index contributed by atoms with van der Waals surface area (Å²) in [5.74, 6) is 0.210. The van der Waals surface area contributed by atoms with Gasteiger partial charge in [0.2, 0.25) is 0 Å². The van der Waals surface area contributed by atoms with Crippen LogP contribution in [0.4, 0.5) is 5.95 Å². The molecule has 7 nitrogen and oxygen atoms in total. The zero-order valence-corrected chi connectivity index (χ0v) is 11.7. The molecule has 8 heteroatoms. The van der Waals surface area contributed by atoms with Crippen LogP contribution in [0.3, 0.4) is 0 Å². The molecule has 0 amide bonds. The van der Waals surface area contributed by atoms with Gasteiger partial charge in [0.05, 0.1) is 11.9 Å². The van der Waals surface area contributed by atoms with Gasteiger partial charge in [-0.15, -0.1) is 5.10 Å². The second-order valence-electron chi connectivity index (χ2n) is 4.44. The number of nitrogens with one attached hydrogen (secondary N) is 1. The molecule has 19 heavy (non-hydrogen) atoms. The zero-order valence-electron chi connectivity index (χ0n) is 10.9. The lowest BCUT2D eigenvalue weighted by atomic mass is 10.0. The average Bonchev–Trinajstić information content (AvgIpc) is 2.74. The van der Waals surface area contributed by atoms with Crippen LogP contribution in [0.2, 0.25) is 0 Å². The fourth-order valence-electron chi connectivity index (χ4n) is 1.54. The number of aryl methyl sites for hydroxylation is 1. The van der Waals surface area contributed by atoms with Crippen molar-refractivity contribution < 1.29 is 8.42 Å². The molecule has 0 saturated heterocycles. The maximum Gasteiger partial charge on any atom is 0.277 e. The predicted molar refractivity (Wildman–Crippen MR) is 70.1 cm³/mol. The number of nitrogens with zero attached hydrogens (tertiary/aromatic N) is 4. The molecule has 1 N–H and O–H groups in total. The van der Waals surface area contributed by atoms with Crippen LogP contribution in [-0.2, 0) is 17.1 Å². The standard InChI is InChI=1S/C11H15N5O2S/c1-8(2)9-5-4-6-10(7-9)19(17,18)14-11-12-15-16(3)13-11/h4-8H,1-3H3,(H,13,14). The monoisotopic (exact) mass is 281 g/mol. The number of benzene rings is 1. The van der Waals surface area contributed by atoms with E-state index in [9.17, 15) is 8.42 Å². The first-order valence-corrected chi connectivity index (χ1v) is 7.23. The highest BCUT2D eigenvalue weighted by atomic mass is 32.2. The average molecular weight is 281 g/mol. The Hall–Kier alpha value is -1.96. The van der Waals surface area contributed by atoms with Gasteiger partial charge in [0, 0.05) is 0 Å². The Balaban J connectivity index is 2.31. The number of hydrogen-bond acceptors (Lipinski definition) is 5. The van der Waals surface area contributed by atoms with Gasteiger partial charge in [0.25, 0.3) is 16.0 Å². The molecule has 0 unspecified atom stereocenters. The summed E-state index contributed by atoms with van der Waals surface area (Å²) < 4.78 is 26.6. The number of sulfonamides is 1. The van der Waals surface area contributed by atoms with Gasteiger partial charge in [0.1, 0.15) is 0 Å². The molecule has 102 valence electrons. The van der Waals surface area contributed by atoms with Crippen LogP contribution in [-0.4, -0.2) is 28.6 Å². The van der Waals surface area contributed by atoms with Crippen LogP contribution >= 0.6 is 0 Å². The predicted octanol–water partition coefficient (Wildman–Crippen LogP) is 1.13. The first-order valence-electron chi connectivity index (χ1n) is 5.75. The lowest BCUT2D eigenvalue weighted by Crippen LogP contribution is -2.14. The molecule has 0 atom stereocenters. The third kappa shape index (κ3) is 3.08. The van der Waals surface area contributed by atoms with Crippen molar-refractivity contribution >= 4 is 16.0 Å². The molecule has 0 fully saturated rings. The van der Waals surface area contributed by atoms with E-state index in [4.69, 9.17) is 0 Å². The maximum atomic E-state index is 12.2. The minimum Gasteiger partial charge on any atom is -0.245 e. The molecular weight excluding hydrogens is 266 g/mol. The molecule has 0 spiro atoms. The summed E-state index contributed by atoms with van der Waals surface area (Å²) >= 11 is 0. The van der Waals surface area contributed by atoms with Crippen molar-refractivity contribution in [1.29, 1.82) is 0 Å². The van der Waals surface area contributed by atoms with Crippen LogP contribution in [0.5, 0.6) is 0 Å². The van der Waals surface area contributed by atoms with E-state index in [1.165, 1.54) is 10.9 Å². The van der Waals surface area contributed by atoms with Crippen molar-refractivity contribution in [3.63, 3.8) is 0 Å². The fourth-order valence-corrected chi connectivity index (χ4v) is 2.53. The highest BCUT2D eigenvalue weighted by molar-refractivity contribution is 7.92. The van der Waals surface area contributed by atoms with E-state index in [1.807, 2.05) is 19.9 Å². The van der Waals surface area contributed by atoms with Crippen molar-refractivity contribution in [3.8, 4) is 0 Å². The topological polar surface area (TPSA) is 89.8 Å². The van der Waals surface area contributed by atoms with Gasteiger partial charge in [-0.3, -0.25) is 0 Å². The SMILES string of the molecule is CC(C)c1cccc(S(=O)(=O)Nc2nnn(C)n2)c1. The molecule has 1 aromatic heterocycles. The summed E-state index contributed by atoms with van der Waals surface area (Å²) in [7, 11) is -2.12. The smallest absolute Gasteiger partial charge is 0.245 e. The van der Waals surface area contributed by atoms with Crippen molar-refractivity contribution in [1.82, 2.24) is 20.2 Å². The van der Waals surface area contributed by atoms with E-state index >= 15 is 0 Å². The number of rotatable bonds is 4. The summed E-state index contributed by atoms with van der Waals surface area (Å²) in [5.41, 5.74) is 0.954. The number of anilines is 1. The van der Waals surface area contributed by atoms with E-state index in [0.717, 1.165) is 5.56 Å². The van der Waals surface area contributed by atoms with E-state index < -0.39 is 10.0 Å². The fraction of sp³-hybridized carbons (Fsp3) is 0.364. The minimum absolute atomic E-state index is 0.0440. The van der Waals surface area contributed by atoms with Crippen molar-refractivity contribution in [2.75, 3.05) is 4.72 Å². The van der Waals surface area contributed by atoms with Gasteiger partial charge < -0.3 is 0 Å². The summed E-state index contributed by atoms with van der Waals surface area (Å²) in [5, 5.41) is 10.9. The quantitative estimate of drug-likeness (QED) is 0.907. The number of hydrogen-bond donors (Lipinski definition) is 1. The Labute approximate surface area is 111 Å². The molecule has 0 aliphatic carbocycles. The third-order valence-corrected chi connectivity index (χ3v) is 3.89. The molecule has 1 aromatic carbocycles. The molecule has 0 aliphatic heterocycles. The number of aromatic nitrogens is 4. The van der Waals surface area contributed by atoms with E-state index in [0.29, 0.717) is 0 Å². The molecule has 0 saturated carbocycles.